The zero-order valence-corrected chi connectivity index (χ0v) is 14.9. The van der Waals surface area contributed by atoms with Gasteiger partial charge in [0.15, 0.2) is 0 Å². The number of hydrogen-bond donors (Lipinski definition) is 2. The summed E-state index contributed by atoms with van der Waals surface area (Å²) < 4.78 is 0. The highest BCUT2D eigenvalue weighted by molar-refractivity contribution is 5.97. The SMILES string of the molecule is CC(CCO)N1CCC(N2CCc3c[nH]c(=O)c4cccc2c34)CC1. The Morgan fingerprint density at radius 2 is 2.08 bits per heavy atom. The van der Waals surface area contributed by atoms with E-state index in [4.69, 9.17) is 5.11 Å². The lowest BCUT2D eigenvalue weighted by Crippen LogP contribution is -2.49. The van der Waals surface area contributed by atoms with Crippen LogP contribution in [0.2, 0.25) is 0 Å². The fraction of sp³-hybridized carbons (Fsp3) is 0.550. The molecule has 0 saturated carbocycles. The second kappa shape index (κ2) is 6.81. The number of aliphatic hydroxyl groups is 1. The van der Waals surface area contributed by atoms with Crippen molar-refractivity contribution >= 4 is 16.5 Å². The summed E-state index contributed by atoms with van der Waals surface area (Å²) in [6, 6.07) is 7.10. The second-order valence-electron chi connectivity index (χ2n) is 7.41. The van der Waals surface area contributed by atoms with Crippen LogP contribution in [0.3, 0.4) is 0 Å². The molecule has 1 unspecified atom stereocenters. The van der Waals surface area contributed by atoms with Crippen LogP contribution in [-0.2, 0) is 6.42 Å². The van der Waals surface area contributed by atoms with E-state index >= 15 is 0 Å². The van der Waals surface area contributed by atoms with Crippen molar-refractivity contribution in [1.82, 2.24) is 9.88 Å². The molecule has 4 rings (SSSR count). The molecule has 2 aliphatic heterocycles. The first-order valence-electron chi connectivity index (χ1n) is 9.44. The molecule has 25 heavy (non-hydrogen) atoms. The first-order valence-corrected chi connectivity index (χ1v) is 9.44. The smallest absolute Gasteiger partial charge is 0.255 e. The normalized spacial score (nSPS) is 20.2. The molecule has 0 spiro atoms. The fourth-order valence-corrected chi connectivity index (χ4v) is 4.55. The molecule has 1 atom stereocenters. The van der Waals surface area contributed by atoms with Gasteiger partial charge in [-0.05, 0) is 50.3 Å². The van der Waals surface area contributed by atoms with Crippen molar-refractivity contribution in [3.63, 3.8) is 0 Å². The number of H-pyrrole nitrogens is 1. The van der Waals surface area contributed by atoms with Gasteiger partial charge < -0.3 is 19.9 Å². The maximum Gasteiger partial charge on any atom is 0.255 e. The predicted molar refractivity (Wildman–Crippen MR) is 101 cm³/mol. The third kappa shape index (κ3) is 2.96. The number of likely N-dealkylation sites (tertiary alicyclic amines) is 1. The number of aromatic amines is 1. The third-order valence-corrected chi connectivity index (χ3v) is 6.03. The van der Waals surface area contributed by atoms with E-state index < -0.39 is 0 Å². The average Bonchev–Trinajstić information content (AvgIpc) is 2.65. The van der Waals surface area contributed by atoms with E-state index in [1.807, 2.05) is 18.3 Å². The minimum Gasteiger partial charge on any atom is -0.396 e. The van der Waals surface area contributed by atoms with Crippen molar-refractivity contribution in [3.05, 3.63) is 40.3 Å². The van der Waals surface area contributed by atoms with Crippen LogP contribution in [0.5, 0.6) is 0 Å². The van der Waals surface area contributed by atoms with Crippen molar-refractivity contribution in [2.75, 3.05) is 31.1 Å². The molecule has 1 aromatic heterocycles. The fourth-order valence-electron chi connectivity index (χ4n) is 4.55. The van der Waals surface area contributed by atoms with Crippen LogP contribution in [0.15, 0.2) is 29.2 Å². The molecule has 0 aliphatic carbocycles. The van der Waals surface area contributed by atoms with Crippen LogP contribution in [0, 0.1) is 0 Å². The zero-order valence-electron chi connectivity index (χ0n) is 14.9. The molecule has 2 aromatic rings. The Morgan fingerprint density at radius 1 is 1.28 bits per heavy atom. The molecule has 0 radical (unpaired) electrons. The third-order valence-electron chi connectivity index (χ3n) is 6.03. The van der Waals surface area contributed by atoms with Gasteiger partial charge >= 0.3 is 0 Å². The summed E-state index contributed by atoms with van der Waals surface area (Å²) in [5, 5.41) is 11.1. The van der Waals surface area contributed by atoms with Gasteiger partial charge in [0.2, 0.25) is 0 Å². The van der Waals surface area contributed by atoms with Crippen molar-refractivity contribution < 1.29 is 5.11 Å². The van der Waals surface area contributed by atoms with Gasteiger partial charge in [-0.2, -0.15) is 0 Å². The predicted octanol–water partition coefficient (Wildman–Crippen LogP) is 2.13. The molecule has 1 fully saturated rings. The van der Waals surface area contributed by atoms with Gasteiger partial charge in [-0.25, -0.2) is 0 Å². The lowest BCUT2D eigenvalue weighted by Gasteiger charge is -2.43. The monoisotopic (exact) mass is 341 g/mol. The van der Waals surface area contributed by atoms with Gasteiger partial charge in [-0.15, -0.1) is 0 Å². The average molecular weight is 341 g/mol. The summed E-state index contributed by atoms with van der Waals surface area (Å²) in [4.78, 5) is 20.1. The Hall–Kier alpha value is -1.85. The maximum absolute atomic E-state index is 12.2. The van der Waals surface area contributed by atoms with Gasteiger partial charge in [0.1, 0.15) is 0 Å². The van der Waals surface area contributed by atoms with E-state index in [-0.39, 0.29) is 12.2 Å². The molecule has 3 heterocycles. The number of anilines is 1. The molecular weight excluding hydrogens is 314 g/mol. The van der Waals surface area contributed by atoms with E-state index in [2.05, 4.69) is 27.8 Å². The Balaban J connectivity index is 1.58. The standard InChI is InChI=1S/C20H27N3O2/c1-14(8-12-24)22-9-6-16(7-10-22)23-11-5-15-13-21-20(25)17-3-2-4-18(23)19(15)17/h2-4,13-14,16,24H,5-12H2,1H3,(H,21,25). The number of aliphatic hydroxyl groups excluding tert-OH is 1. The molecule has 2 aliphatic rings. The van der Waals surface area contributed by atoms with Crippen molar-refractivity contribution in [2.24, 2.45) is 0 Å². The van der Waals surface area contributed by atoms with Gasteiger partial charge in [0.25, 0.3) is 5.56 Å². The van der Waals surface area contributed by atoms with Crippen LogP contribution in [-0.4, -0.2) is 53.3 Å². The molecule has 5 nitrogen and oxygen atoms in total. The van der Waals surface area contributed by atoms with Crippen molar-refractivity contribution in [3.8, 4) is 0 Å². The summed E-state index contributed by atoms with van der Waals surface area (Å²) in [5.74, 6) is 0. The zero-order chi connectivity index (χ0) is 17.4. The van der Waals surface area contributed by atoms with E-state index in [9.17, 15) is 4.79 Å². The van der Waals surface area contributed by atoms with Gasteiger partial charge in [0.05, 0.1) is 0 Å². The molecule has 0 bridgehead atoms. The van der Waals surface area contributed by atoms with E-state index in [0.29, 0.717) is 12.1 Å². The van der Waals surface area contributed by atoms with Crippen LogP contribution in [0.1, 0.15) is 31.7 Å². The lowest BCUT2D eigenvalue weighted by molar-refractivity contribution is 0.134. The lowest BCUT2D eigenvalue weighted by atomic mass is 9.94. The number of pyridine rings is 1. The number of piperidine rings is 1. The quantitative estimate of drug-likeness (QED) is 0.894. The van der Waals surface area contributed by atoms with Crippen LogP contribution in [0.4, 0.5) is 5.69 Å². The molecule has 2 N–H and O–H groups in total. The van der Waals surface area contributed by atoms with Crippen LogP contribution < -0.4 is 10.5 Å². The molecular formula is C20H27N3O2. The molecule has 134 valence electrons. The number of benzene rings is 1. The maximum atomic E-state index is 12.2. The molecule has 5 heteroatoms. The van der Waals surface area contributed by atoms with Gasteiger partial charge in [0, 0.05) is 61.0 Å². The Morgan fingerprint density at radius 3 is 2.84 bits per heavy atom. The highest BCUT2D eigenvalue weighted by atomic mass is 16.3. The number of rotatable bonds is 4. The number of nitrogens with one attached hydrogen (secondary N) is 1. The minimum absolute atomic E-state index is 0.00935. The Bertz CT molecular complexity index is 808. The molecule has 0 amide bonds. The molecule has 1 saturated heterocycles. The first kappa shape index (κ1) is 16.6. The highest BCUT2D eigenvalue weighted by Crippen LogP contribution is 2.35. The van der Waals surface area contributed by atoms with E-state index in [1.54, 1.807) is 0 Å². The summed E-state index contributed by atoms with van der Waals surface area (Å²) in [6.45, 7) is 5.66. The highest BCUT2D eigenvalue weighted by Gasteiger charge is 2.30. The van der Waals surface area contributed by atoms with Crippen LogP contribution in [0.25, 0.3) is 10.8 Å². The summed E-state index contributed by atoms with van der Waals surface area (Å²) in [6.07, 6.45) is 6.02. The first-order chi connectivity index (χ1) is 12.2. The van der Waals surface area contributed by atoms with Crippen molar-refractivity contribution in [1.29, 1.82) is 0 Å². The summed E-state index contributed by atoms with van der Waals surface area (Å²) in [5.41, 5.74) is 2.50. The number of nitrogens with zero attached hydrogens (tertiary/aromatic N) is 2. The minimum atomic E-state index is 0.00935. The summed E-state index contributed by atoms with van der Waals surface area (Å²) in [7, 11) is 0. The van der Waals surface area contributed by atoms with Crippen LogP contribution >= 0.6 is 0 Å². The Kier molecular flexibility index (Phi) is 4.52. The number of hydrogen-bond acceptors (Lipinski definition) is 4. The Labute approximate surface area is 148 Å². The molecule has 1 aromatic carbocycles. The topological polar surface area (TPSA) is 59.6 Å². The van der Waals surface area contributed by atoms with Gasteiger partial charge in [-0.1, -0.05) is 6.07 Å². The summed E-state index contributed by atoms with van der Waals surface area (Å²) >= 11 is 0. The second-order valence-corrected chi connectivity index (χ2v) is 7.41. The largest absolute Gasteiger partial charge is 0.396 e. The van der Waals surface area contributed by atoms with Crippen molar-refractivity contribution in [2.45, 2.75) is 44.7 Å². The number of aromatic nitrogens is 1. The van der Waals surface area contributed by atoms with Gasteiger partial charge in [-0.3, -0.25) is 4.79 Å². The van der Waals surface area contributed by atoms with E-state index in [0.717, 1.165) is 56.1 Å². The van der Waals surface area contributed by atoms with E-state index in [1.165, 1.54) is 11.3 Å².